The lowest BCUT2D eigenvalue weighted by atomic mass is 9.96. The van der Waals surface area contributed by atoms with Gasteiger partial charge in [-0.1, -0.05) is 18.2 Å². The Balaban J connectivity index is 1.40. The first-order valence-electron chi connectivity index (χ1n) is 10.2. The van der Waals surface area contributed by atoms with E-state index in [-0.39, 0.29) is 30.7 Å². The molecule has 3 rings (SSSR count). The standard InChI is InChI=1S/C23H26F2N2O3/c24-19-13-17(14-20(25)15-19)8-10-26-23(29)18-5-4-11-27(16-18)22(28)9-12-30-21-6-2-1-3-7-21/h1-3,6-7,13-15,18H,4-5,8-12,16H2,(H,26,29). The maximum Gasteiger partial charge on any atom is 0.226 e. The van der Waals surface area contributed by atoms with Crippen molar-refractivity contribution in [1.82, 2.24) is 10.2 Å². The van der Waals surface area contributed by atoms with Crippen LogP contribution >= 0.6 is 0 Å². The van der Waals surface area contributed by atoms with E-state index in [1.807, 2.05) is 30.3 Å². The fourth-order valence-corrected chi connectivity index (χ4v) is 3.58. The van der Waals surface area contributed by atoms with Crippen molar-refractivity contribution in [3.63, 3.8) is 0 Å². The summed E-state index contributed by atoms with van der Waals surface area (Å²) in [5, 5.41) is 2.82. The van der Waals surface area contributed by atoms with Crippen LogP contribution in [0, 0.1) is 17.6 Å². The number of halogens is 2. The van der Waals surface area contributed by atoms with Gasteiger partial charge in [-0.25, -0.2) is 8.78 Å². The summed E-state index contributed by atoms with van der Waals surface area (Å²) in [6.45, 7) is 1.60. The number of hydrogen-bond donors (Lipinski definition) is 1. The molecule has 1 aliphatic rings. The van der Waals surface area contributed by atoms with Crippen molar-refractivity contribution in [1.29, 1.82) is 0 Å². The van der Waals surface area contributed by atoms with E-state index in [1.165, 1.54) is 12.1 Å². The molecule has 1 aliphatic heterocycles. The Kier molecular flexibility index (Phi) is 7.76. The van der Waals surface area contributed by atoms with Gasteiger partial charge >= 0.3 is 0 Å². The molecule has 2 amide bonds. The van der Waals surface area contributed by atoms with E-state index in [9.17, 15) is 18.4 Å². The zero-order chi connectivity index (χ0) is 21.3. The summed E-state index contributed by atoms with van der Waals surface area (Å²) >= 11 is 0. The average molecular weight is 416 g/mol. The topological polar surface area (TPSA) is 58.6 Å². The van der Waals surface area contributed by atoms with E-state index < -0.39 is 11.6 Å². The van der Waals surface area contributed by atoms with Crippen LogP contribution in [0.3, 0.4) is 0 Å². The number of para-hydroxylation sites is 1. The van der Waals surface area contributed by atoms with Crippen LogP contribution in [0.4, 0.5) is 8.78 Å². The second-order valence-electron chi connectivity index (χ2n) is 7.41. The van der Waals surface area contributed by atoms with Gasteiger partial charge in [0.05, 0.1) is 18.9 Å². The minimum absolute atomic E-state index is 0.0290. The molecule has 30 heavy (non-hydrogen) atoms. The molecule has 0 bridgehead atoms. The van der Waals surface area contributed by atoms with Gasteiger partial charge in [-0.2, -0.15) is 0 Å². The second-order valence-corrected chi connectivity index (χ2v) is 7.41. The summed E-state index contributed by atoms with van der Waals surface area (Å²) in [7, 11) is 0. The molecule has 5 nitrogen and oxygen atoms in total. The van der Waals surface area contributed by atoms with E-state index in [1.54, 1.807) is 4.90 Å². The van der Waals surface area contributed by atoms with E-state index in [4.69, 9.17) is 4.74 Å². The zero-order valence-corrected chi connectivity index (χ0v) is 16.8. The minimum atomic E-state index is -0.631. The lowest BCUT2D eigenvalue weighted by Crippen LogP contribution is -2.46. The molecule has 0 radical (unpaired) electrons. The first-order valence-corrected chi connectivity index (χ1v) is 10.2. The van der Waals surface area contributed by atoms with Gasteiger partial charge in [0.2, 0.25) is 11.8 Å². The van der Waals surface area contributed by atoms with Crippen molar-refractivity contribution in [2.24, 2.45) is 5.92 Å². The zero-order valence-electron chi connectivity index (χ0n) is 16.8. The molecule has 1 unspecified atom stereocenters. The van der Waals surface area contributed by atoms with Gasteiger partial charge in [-0.3, -0.25) is 9.59 Å². The Labute approximate surface area is 175 Å². The molecular formula is C23H26F2N2O3. The highest BCUT2D eigenvalue weighted by molar-refractivity contribution is 5.81. The van der Waals surface area contributed by atoms with Crippen molar-refractivity contribution in [3.8, 4) is 5.75 Å². The fraction of sp³-hybridized carbons (Fsp3) is 0.391. The Morgan fingerprint density at radius 3 is 2.57 bits per heavy atom. The van der Waals surface area contributed by atoms with Gasteiger partial charge in [-0.15, -0.1) is 0 Å². The molecule has 1 saturated heterocycles. The van der Waals surface area contributed by atoms with Gasteiger partial charge in [0.25, 0.3) is 0 Å². The maximum atomic E-state index is 13.2. The monoisotopic (exact) mass is 416 g/mol. The molecular weight excluding hydrogens is 390 g/mol. The number of piperidine rings is 1. The third-order valence-electron chi connectivity index (χ3n) is 5.11. The number of likely N-dealkylation sites (tertiary alicyclic amines) is 1. The molecule has 0 aromatic heterocycles. The van der Waals surface area contributed by atoms with Gasteiger partial charge < -0.3 is 15.0 Å². The molecule has 7 heteroatoms. The van der Waals surface area contributed by atoms with Crippen molar-refractivity contribution in [3.05, 3.63) is 65.7 Å². The number of rotatable bonds is 8. The van der Waals surface area contributed by atoms with Crippen LogP contribution in [0.5, 0.6) is 5.75 Å². The van der Waals surface area contributed by atoms with Crippen LogP contribution in [0.2, 0.25) is 0 Å². The van der Waals surface area contributed by atoms with Crippen LogP contribution < -0.4 is 10.1 Å². The number of amides is 2. The van der Waals surface area contributed by atoms with Crippen LogP contribution in [0.1, 0.15) is 24.8 Å². The van der Waals surface area contributed by atoms with E-state index >= 15 is 0 Å². The number of hydrogen-bond acceptors (Lipinski definition) is 3. The number of carbonyl (C=O) groups is 2. The molecule has 1 atom stereocenters. The Hall–Kier alpha value is -2.96. The SMILES string of the molecule is O=C(NCCc1cc(F)cc(F)c1)C1CCCN(C(=O)CCOc2ccccc2)C1. The van der Waals surface area contributed by atoms with Crippen LogP contribution in [-0.4, -0.2) is 43.0 Å². The van der Waals surface area contributed by atoms with Crippen LogP contribution in [0.15, 0.2) is 48.5 Å². The molecule has 1 heterocycles. The first-order chi connectivity index (χ1) is 14.5. The third kappa shape index (κ3) is 6.54. The summed E-state index contributed by atoms with van der Waals surface area (Å²) in [4.78, 5) is 26.6. The summed E-state index contributed by atoms with van der Waals surface area (Å²) in [5.41, 5.74) is 0.492. The van der Waals surface area contributed by atoms with Gasteiger partial charge in [0.1, 0.15) is 17.4 Å². The highest BCUT2D eigenvalue weighted by Crippen LogP contribution is 2.18. The Morgan fingerprint density at radius 1 is 1.10 bits per heavy atom. The molecule has 1 fully saturated rings. The number of ether oxygens (including phenoxy) is 1. The van der Waals surface area contributed by atoms with Gasteiger partial charge in [0, 0.05) is 25.7 Å². The first kappa shape index (κ1) is 21.7. The van der Waals surface area contributed by atoms with Crippen molar-refractivity contribution in [2.75, 3.05) is 26.2 Å². The van der Waals surface area contributed by atoms with Crippen LogP contribution in [0.25, 0.3) is 0 Å². The molecule has 0 spiro atoms. The van der Waals surface area contributed by atoms with Gasteiger partial charge in [-0.05, 0) is 49.1 Å². The largest absolute Gasteiger partial charge is 0.493 e. The molecule has 2 aromatic carbocycles. The van der Waals surface area contributed by atoms with E-state index in [0.29, 0.717) is 38.1 Å². The predicted molar refractivity (Wildman–Crippen MR) is 109 cm³/mol. The van der Waals surface area contributed by atoms with Crippen LogP contribution in [-0.2, 0) is 16.0 Å². The van der Waals surface area contributed by atoms with E-state index in [0.717, 1.165) is 18.2 Å². The molecule has 160 valence electrons. The molecule has 2 aromatic rings. The highest BCUT2D eigenvalue weighted by Gasteiger charge is 2.28. The third-order valence-corrected chi connectivity index (χ3v) is 5.11. The molecule has 0 aliphatic carbocycles. The van der Waals surface area contributed by atoms with Gasteiger partial charge in [0.15, 0.2) is 0 Å². The number of nitrogens with one attached hydrogen (secondary N) is 1. The smallest absolute Gasteiger partial charge is 0.226 e. The summed E-state index contributed by atoms with van der Waals surface area (Å²) in [5.74, 6) is -0.979. The molecule has 0 saturated carbocycles. The second kappa shape index (κ2) is 10.7. The lowest BCUT2D eigenvalue weighted by molar-refractivity contribution is -0.136. The predicted octanol–water partition coefficient (Wildman–Crippen LogP) is 3.33. The normalized spacial score (nSPS) is 16.2. The fourth-order valence-electron chi connectivity index (χ4n) is 3.58. The Morgan fingerprint density at radius 2 is 1.83 bits per heavy atom. The Bertz CT molecular complexity index is 841. The number of nitrogens with zero attached hydrogens (tertiary/aromatic N) is 1. The lowest BCUT2D eigenvalue weighted by Gasteiger charge is -2.32. The number of benzene rings is 2. The summed E-state index contributed by atoms with van der Waals surface area (Å²) in [6.07, 6.45) is 2.07. The molecule has 1 N–H and O–H groups in total. The number of carbonyl (C=O) groups excluding carboxylic acids is 2. The maximum absolute atomic E-state index is 13.2. The van der Waals surface area contributed by atoms with Crippen molar-refractivity contribution < 1.29 is 23.1 Å². The van der Waals surface area contributed by atoms with Crippen molar-refractivity contribution in [2.45, 2.75) is 25.7 Å². The quantitative estimate of drug-likeness (QED) is 0.718. The summed E-state index contributed by atoms with van der Waals surface area (Å²) < 4.78 is 32.0. The average Bonchev–Trinajstić information content (AvgIpc) is 2.74. The van der Waals surface area contributed by atoms with E-state index in [2.05, 4.69) is 5.32 Å². The minimum Gasteiger partial charge on any atom is -0.493 e. The summed E-state index contributed by atoms with van der Waals surface area (Å²) in [6, 6.07) is 12.6. The van der Waals surface area contributed by atoms with Crippen molar-refractivity contribution >= 4 is 11.8 Å². The highest BCUT2D eigenvalue weighted by atomic mass is 19.1.